The topological polar surface area (TPSA) is 72.2 Å². The van der Waals surface area contributed by atoms with Crippen LogP contribution in [0, 0.1) is 0 Å². The molecule has 0 fully saturated rings. The zero-order valence-electron chi connectivity index (χ0n) is 8.13. The summed E-state index contributed by atoms with van der Waals surface area (Å²) in [6, 6.07) is 8.24. The lowest BCUT2D eigenvalue weighted by Crippen LogP contribution is -2.08. The molecular formula is C9H17BO3. The van der Waals surface area contributed by atoms with E-state index in [0.717, 1.165) is 19.6 Å². The highest BCUT2D eigenvalue weighted by Crippen LogP contribution is 2.06. The molecule has 0 radical (unpaired) electrons. The highest BCUT2D eigenvalue weighted by Gasteiger charge is 1.91. The molecule has 1 rings (SSSR count). The molecule has 0 bridgehead atoms. The van der Waals surface area contributed by atoms with Gasteiger partial charge in [-0.15, -0.1) is 0 Å². The van der Waals surface area contributed by atoms with Gasteiger partial charge in [0.05, 0.1) is 6.61 Å². The van der Waals surface area contributed by atoms with Crippen LogP contribution in [0.15, 0.2) is 24.3 Å². The van der Waals surface area contributed by atoms with Crippen LogP contribution in [0.25, 0.3) is 0 Å². The van der Waals surface area contributed by atoms with Crippen LogP contribution in [-0.2, 0) is 0 Å². The molecule has 0 saturated heterocycles. The molecule has 0 amide bonds. The highest BCUT2D eigenvalue weighted by atomic mass is 16.5. The van der Waals surface area contributed by atoms with Crippen LogP contribution in [0.3, 0.4) is 0 Å². The largest absolute Gasteiger partial charge is 0.494 e. The molecule has 0 atom stereocenters. The Hall–Kier alpha value is -0.995. The molecule has 1 aromatic rings. The van der Waals surface area contributed by atoms with Crippen molar-refractivity contribution in [1.82, 2.24) is 0 Å². The van der Waals surface area contributed by atoms with Gasteiger partial charge in [-0.05, 0) is 19.1 Å². The lowest BCUT2D eigenvalue weighted by Gasteiger charge is -2.02. The molecule has 1 aromatic carbocycles. The molecule has 74 valence electrons. The van der Waals surface area contributed by atoms with E-state index >= 15 is 0 Å². The van der Waals surface area contributed by atoms with Crippen molar-refractivity contribution in [2.45, 2.75) is 13.7 Å². The summed E-state index contributed by atoms with van der Waals surface area (Å²) in [5, 5.41) is 0. The van der Waals surface area contributed by atoms with Crippen LogP contribution in [0.5, 0.6) is 5.75 Å². The van der Waals surface area contributed by atoms with Gasteiger partial charge in [0.25, 0.3) is 0 Å². The third-order valence-corrected chi connectivity index (χ3v) is 1.64. The molecule has 0 aromatic heterocycles. The summed E-state index contributed by atoms with van der Waals surface area (Å²) in [5.41, 5.74) is 1.36. The maximum atomic E-state index is 5.31. The van der Waals surface area contributed by atoms with E-state index in [1.165, 1.54) is 5.46 Å². The SMILES string of the molecule is CBc1ccc(OCC)cc1.O.O. The fourth-order valence-electron chi connectivity index (χ4n) is 0.988. The Bertz CT molecular complexity index is 211. The van der Waals surface area contributed by atoms with Gasteiger partial charge < -0.3 is 15.7 Å². The fourth-order valence-corrected chi connectivity index (χ4v) is 0.988. The minimum atomic E-state index is 0. The van der Waals surface area contributed by atoms with Gasteiger partial charge in [0.1, 0.15) is 5.75 Å². The molecule has 0 heterocycles. The summed E-state index contributed by atoms with van der Waals surface area (Å²) in [7, 11) is 1.09. The molecule has 0 aliphatic carbocycles. The first-order valence-corrected chi connectivity index (χ1v) is 4.08. The lowest BCUT2D eigenvalue weighted by molar-refractivity contribution is 0.340. The second-order valence-electron chi connectivity index (χ2n) is 2.43. The van der Waals surface area contributed by atoms with E-state index in [2.05, 4.69) is 19.0 Å². The fraction of sp³-hybridized carbons (Fsp3) is 0.333. The monoisotopic (exact) mass is 184 g/mol. The van der Waals surface area contributed by atoms with Gasteiger partial charge in [-0.3, -0.25) is 0 Å². The minimum Gasteiger partial charge on any atom is -0.494 e. The number of benzene rings is 1. The van der Waals surface area contributed by atoms with E-state index in [4.69, 9.17) is 4.74 Å². The Kier molecular flexibility index (Phi) is 8.54. The van der Waals surface area contributed by atoms with E-state index in [1.54, 1.807) is 0 Å². The van der Waals surface area contributed by atoms with E-state index < -0.39 is 0 Å². The van der Waals surface area contributed by atoms with Crippen molar-refractivity contribution in [3.05, 3.63) is 24.3 Å². The molecule has 0 aliphatic rings. The molecule has 0 spiro atoms. The summed E-state index contributed by atoms with van der Waals surface area (Å²) >= 11 is 0. The van der Waals surface area contributed by atoms with Gasteiger partial charge in [-0.2, -0.15) is 0 Å². The van der Waals surface area contributed by atoms with Crippen LogP contribution < -0.4 is 10.2 Å². The van der Waals surface area contributed by atoms with Crippen molar-refractivity contribution in [1.29, 1.82) is 0 Å². The van der Waals surface area contributed by atoms with E-state index in [-0.39, 0.29) is 11.0 Å². The normalized spacial score (nSPS) is 7.85. The molecule has 0 saturated carbocycles. The maximum Gasteiger partial charge on any atom is 0.154 e. The Labute approximate surface area is 79.6 Å². The number of hydrogen-bond donors (Lipinski definition) is 0. The zero-order valence-corrected chi connectivity index (χ0v) is 8.13. The lowest BCUT2D eigenvalue weighted by atomic mass is 9.73. The smallest absolute Gasteiger partial charge is 0.154 e. The standard InChI is InChI=1S/C9H13BO.2H2O/c1-3-11-9-6-4-8(10-2)5-7-9;;/h4-7,10H,3H2,1-2H3;2*1H2. The number of ether oxygens (including phenoxy) is 1. The van der Waals surface area contributed by atoms with Crippen LogP contribution in [0.1, 0.15) is 6.92 Å². The van der Waals surface area contributed by atoms with Crippen LogP contribution in [-0.4, -0.2) is 24.8 Å². The summed E-state index contributed by atoms with van der Waals surface area (Å²) in [6.45, 7) is 4.88. The molecule has 4 N–H and O–H groups in total. The molecule has 0 unspecified atom stereocenters. The predicted octanol–water partition coefficient (Wildman–Crippen LogP) is -0.454. The second kappa shape index (κ2) is 7.64. The summed E-state index contributed by atoms with van der Waals surface area (Å²) < 4.78 is 5.31. The van der Waals surface area contributed by atoms with Crippen molar-refractivity contribution in [2.75, 3.05) is 6.61 Å². The first-order valence-electron chi connectivity index (χ1n) is 4.08. The van der Waals surface area contributed by atoms with Crippen molar-refractivity contribution in [2.24, 2.45) is 0 Å². The van der Waals surface area contributed by atoms with Gasteiger partial charge in [0.15, 0.2) is 7.28 Å². The third-order valence-electron chi connectivity index (χ3n) is 1.64. The molecule has 3 nitrogen and oxygen atoms in total. The predicted molar refractivity (Wildman–Crippen MR) is 57.5 cm³/mol. The van der Waals surface area contributed by atoms with Crippen LogP contribution >= 0.6 is 0 Å². The quantitative estimate of drug-likeness (QED) is 0.586. The third kappa shape index (κ3) is 4.55. The second-order valence-corrected chi connectivity index (χ2v) is 2.43. The van der Waals surface area contributed by atoms with E-state index in [9.17, 15) is 0 Å². The van der Waals surface area contributed by atoms with Gasteiger partial charge in [-0.25, -0.2) is 0 Å². The van der Waals surface area contributed by atoms with Gasteiger partial charge in [-0.1, -0.05) is 24.4 Å². The molecular weight excluding hydrogens is 167 g/mol. The Morgan fingerprint density at radius 1 is 1.15 bits per heavy atom. The van der Waals surface area contributed by atoms with Crippen molar-refractivity contribution < 1.29 is 15.7 Å². The molecule has 4 heteroatoms. The van der Waals surface area contributed by atoms with E-state index in [0.29, 0.717) is 0 Å². The first kappa shape index (κ1) is 14.5. The average Bonchev–Trinajstić information content (AvgIpc) is 2.07. The summed E-state index contributed by atoms with van der Waals surface area (Å²) in [4.78, 5) is 0. The summed E-state index contributed by atoms with van der Waals surface area (Å²) in [6.07, 6.45) is 0. The Balaban J connectivity index is 0. The first-order chi connectivity index (χ1) is 5.36. The average molecular weight is 184 g/mol. The minimum absolute atomic E-state index is 0. The van der Waals surface area contributed by atoms with Gasteiger partial charge in [0.2, 0.25) is 0 Å². The highest BCUT2D eigenvalue weighted by molar-refractivity contribution is 6.51. The molecule has 0 aliphatic heterocycles. The van der Waals surface area contributed by atoms with E-state index in [1.807, 2.05) is 19.1 Å². The van der Waals surface area contributed by atoms with Gasteiger partial charge in [0, 0.05) is 0 Å². The Morgan fingerprint density at radius 3 is 2.08 bits per heavy atom. The summed E-state index contributed by atoms with van der Waals surface area (Å²) in [5.74, 6) is 0.963. The van der Waals surface area contributed by atoms with Crippen molar-refractivity contribution in [3.63, 3.8) is 0 Å². The zero-order chi connectivity index (χ0) is 8.10. The molecule has 13 heavy (non-hydrogen) atoms. The maximum absolute atomic E-state index is 5.31. The van der Waals surface area contributed by atoms with Crippen molar-refractivity contribution >= 4 is 12.7 Å². The van der Waals surface area contributed by atoms with Crippen LogP contribution in [0.2, 0.25) is 6.82 Å². The number of hydrogen-bond acceptors (Lipinski definition) is 1. The van der Waals surface area contributed by atoms with Gasteiger partial charge >= 0.3 is 0 Å². The Morgan fingerprint density at radius 2 is 1.69 bits per heavy atom. The van der Waals surface area contributed by atoms with Crippen LogP contribution in [0.4, 0.5) is 0 Å². The van der Waals surface area contributed by atoms with Crippen molar-refractivity contribution in [3.8, 4) is 5.75 Å². The number of rotatable bonds is 3.